The first kappa shape index (κ1) is 14.2. The molecule has 1 aliphatic heterocycles. The van der Waals surface area contributed by atoms with Crippen molar-refractivity contribution in [1.82, 2.24) is 15.1 Å². The Hall–Kier alpha value is -0.910. The minimum Gasteiger partial charge on any atom is -0.383 e. The zero-order valence-electron chi connectivity index (χ0n) is 10.7. The Morgan fingerprint density at radius 1 is 1.53 bits per heavy atom. The third-order valence-electron chi connectivity index (χ3n) is 2.84. The van der Waals surface area contributed by atoms with Gasteiger partial charge in [-0.2, -0.15) is 0 Å². The highest BCUT2D eigenvalue weighted by Crippen LogP contribution is 1.97. The van der Waals surface area contributed by atoms with Crippen molar-refractivity contribution in [1.29, 1.82) is 0 Å². The maximum Gasteiger partial charge on any atom is 0.237 e. The maximum atomic E-state index is 12.1. The van der Waals surface area contributed by atoms with Gasteiger partial charge in [-0.05, 0) is 0 Å². The van der Waals surface area contributed by atoms with Gasteiger partial charge in [-0.15, -0.1) is 6.58 Å². The minimum atomic E-state index is 0.156. The van der Waals surface area contributed by atoms with E-state index in [-0.39, 0.29) is 5.91 Å². The molecule has 1 fully saturated rings. The number of nitrogens with zero attached hydrogens (tertiary/aromatic N) is 2. The molecule has 1 amide bonds. The number of amides is 1. The van der Waals surface area contributed by atoms with Crippen LogP contribution in [0, 0.1) is 0 Å². The van der Waals surface area contributed by atoms with Crippen molar-refractivity contribution in [3.05, 3.63) is 12.7 Å². The van der Waals surface area contributed by atoms with Crippen LogP contribution in [-0.2, 0) is 9.53 Å². The number of carbonyl (C=O) groups excluding carboxylic acids is 1. The van der Waals surface area contributed by atoms with Crippen molar-refractivity contribution in [3.63, 3.8) is 0 Å². The predicted molar refractivity (Wildman–Crippen MR) is 68.0 cm³/mol. The molecule has 0 unspecified atom stereocenters. The Kier molecular flexibility index (Phi) is 6.84. The van der Waals surface area contributed by atoms with Gasteiger partial charge >= 0.3 is 0 Å². The van der Waals surface area contributed by atoms with Crippen molar-refractivity contribution in [2.75, 3.05) is 59.5 Å². The van der Waals surface area contributed by atoms with E-state index in [1.165, 1.54) is 0 Å². The minimum absolute atomic E-state index is 0.156. The lowest BCUT2D eigenvalue weighted by Gasteiger charge is -2.29. The number of hydrogen-bond acceptors (Lipinski definition) is 4. The van der Waals surface area contributed by atoms with E-state index in [9.17, 15) is 4.79 Å². The third kappa shape index (κ3) is 5.30. The van der Waals surface area contributed by atoms with E-state index >= 15 is 0 Å². The average molecular weight is 241 g/mol. The van der Waals surface area contributed by atoms with Crippen molar-refractivity contribution >= 4 is 5.91 Å². The Balaban J connectivity index is 2.36. The molecule has 0 atom stereocenters. The van der Waals surface area contributed by atoms with Crippen LogP contribution in [0.25, 0.3) is 0 Å². The number of nitrogens with one attached hydrogen (secondary N) is 1. The Bertz CT molecular complexity index is 240. The van der Waals surface area contributed by atoms with Gasteiger partial charge in [-0.3, -0.25) is 9.69 Å². The molecule has 1 saturated heterocycles. The molecule has 0 aliphatic carbocycles. The van der Waals surface area contributed by atoms with Gasteiger partial charge in [0.15, 0.2) is 0 Å². The van der Waals surface area contributed by atoms with Crippen LogP contribution in [0.4, 0.5) is 0 Å². The largest absolute Gasteiger partial charge is 0.383 e. The van der Waals surface area contributed by atoms with E-state index in [1.54, 1.807) is 18.1 Å². The number of ether oxygens (including phenoxy) is 1. The van der Waals surface area contributed by atoms with Gasteiger partial charge in [0.25, 0.3) is 0 Å². The molecule has 0 aromatic heterocycles. The highest BCUT2D eigenvalue weighted by atomic mass is 16.5. The summed E-state index contributed by atoms with van der Waals surface area (Å²) in [6.45, 7) is 9.79. The molecule has 1 rings (SSSR count). The SMILES string of the molecule is C=CCN(CCOC)C(=O)CN1CCNCC1. The normalized spacial score (nSPS) is 16.8. The van der Waals surface area contributed by atoms with Crippen LogP contribution in [0.3, 0.4) is 0 Å². The van der Waals surface area contributed by atoms with Crippen molar-refractivity contribution < 1.29 is 9.53 Å². The molecule has 0 bridgehead atoms. The van der Waals surface area contributed by atoms with E-state index in [0.29, 0.717) is 26.2 Å². The lowest BCUT2D eigenvalue weighted by molar-refractivity contribution is -0.132. The first-order valence-corrected chi connectivity index (χ1v) is 6.08. The molecule has 1 heterocycles. The summed E-state index contributed by atoms with van der Waals surface area (Å²) in [6, 6.07) is 0. The molecular formula is C12H23N3O2. The van der Waals surface area contributed by atoms with Gasteiger partial charge in [-0.25, -0.2) is 0 Å². The number of hydrogen-bond donors (Lipinski definition) is 1. The second-order valence-electron chi connectivity index (χ2n) is 4.15. The molecule has 0 aromatic rings. The van der Waals surface area contributed by atoms with Crippen LogP contribution >= 0.6 is 0 Å². The smallest absolute Gasteiger partial charge is 0.237 e. The van der Waals surface area contributed by atoms with Crippen LogP contribution in [0.5, 0.6) is 0 Å². The van der Waals surface area contributed by atoms with Gasteiger partial charge in [0.1, 0.15) is 0 Å². The zero-order valence-corrected chi connectivity index (χ0v) is 10.7. The molecule has 0 radical (unpaired) electrons. The summed E-state index contributed by atoms with van der Waals surface area (Å²) in [6.07, 6.45) is 1.76. The monoisotopic (exact) mass is 241 g/mol. The van der Waals surface area contributed by atoms with Crippen LogP contribution in [0.15, 0.2) is 12.7 Å². The van der Waals surface area contributed by atoms with Gasteiger partial charge in [0, 0.05) is 46.4 Å². The number of carbonyl (C=O) groups is 1. The summed E-state index contributed by atoms with van der Waals surface area (Å²) in [5.41, 5.74) is 0. The van der Waals surface area contributed by atoms with Crippen molar-refractivity contribution in [2.45, 2.75) is 0 Å². The van der Waals surface area contributed by atoms with E-state index in [2.05, 4.69) is 16.8 Å². The third-order valence-corrected chi connectivity index (χ3v) is 2.84. The summed E-state index contributed by atoms with van der Waals surface area (Å²) in [7, 11) is 1.65. The first-order chi connectivity index (χ1) is 8.27. The Morgan fingerprint density at radius 3 is 2.82 bits per heavy atom. The molecule has 0 aromatic carbocycles. The van der Waals surface area contributed by atoms with Crippen LogP contribution in [0.2, 0.25) is 0 Å². The van der Waals surface area contributed by atoms with Gasteiger partial charge in [0.2, 0.25) is 5.91 Å². The van der Waals surface area contributed by atoms with Gasteiger partial charge in [-0.1, -0.05) is 6.08 Å². The van der Waals surface area contributed by atoms with E-state index < -0.39 is 0 Å². The highest BCUT2D eigenvalue weighted by molar-refractivity contribution is 5.78. The van der Waals surface area contributed by atoms with Gasteiger partial charge in [0.05, 0.1) is 13.2 Å². The number of rotatable bonds is 7. The predicted octanol–water partition coefficient (Wildman–Crippen LogP) is -0.447. The molecule has 1 N–H and O–H groups in total. The van der Waals surface area contributed by atoms with E-state index in [0.717, 1.165) is 26.2 Å². The van der Waals surface area contributed by atoms with Crippen LogP contribution in [-0.4, -0.2) is 75.2 Å². The van der Waals surface area contributed by atoms with Crippen LogP contribution in [0.1, 0.15) is 0 Å². The fraction of sp³-hybridized carbons (Fsp3) is 0.750. The standard InChI is InChI=1S/C12H23N3O2/c1-3-6-15(9-10-17-2)12(16)11-14-7-4-13-5-8-14/h3,13H,1,4-11H2,2H3. The second-order valence-corrected chi connectivity index (χ2v) is 4.15. The average Bonchev–Trinajstić information content (AvgIpc) is 2.35. The molecule has 5 heteroatoms. The molecule has 0 spiro atoms. The number of methoxy groups -OCH3 is 1. The molecule has 1 aliphatic rings. The lowest BCUT2D eigenvalue weighted by atomic mass is 10.3. The van der Waals surface area contributed by atoms with E-state index in [1.807, 2.05) is 0 Å². The Labute approximate surface area is 103 Å². The highest BCUT2D eigenvalue weighted by Gasteiger charge is 2.17. The lowest BCUT2D eigenvalue weighted by Crippen LogP contribution is -2.48. The molecule has 5 nitrogen and oxygen atoms in total. The first-order valence-electron chi connectivity index (χ1n) is 6.08. The summed E-state index contributed by atoms with van der Waals surface area (Å²) in [5, 5.41) is 3.27. The molecular weight excluding hydrogens is 218 g/mol. The fourth-order valence-corrected chi connectivity index (χ4v) is 1.84. The van der Waals surface area contributed by atoms with Gasteiger partial charge < -0.3 is 15.0 Å². The van der Waals surface area contributed by atoms with E-state index in [4.69, 9.17) is 4.74 Å². The summed E-state index contributed by atoms with van der Waals surface area (Å²) >= 11 is 0. The fourth-order valence-electron chi connectivity index (χ4n) is 1.84. The zero-order chi connectivity index (χ0) is 12.5. The summed E-state index contributed by atoms with van der Waals surface area (Å²) in [5.74, 6) is 0.156. The molecule has 98 valence electrons. The quantitative estimate of drug-likeness (QED) is 0.613. The topological polar surface area (TPSA) is 44.8 Å². The summed E-state index contributed by atoms with van der Waals surface area (Å²) in [4.78, 5) is 16.0. The summed E-state index contributed by atoms with van der Waals surface area (Å²) < 4.78 is 5.01. The maximum absolute atomic E-state index is 12.1. The van der Waals surface area contributed by atoms with Crippen molar-refractivity contribution in [2.24, 2.45) is 0 Å². The second kappa shape index (κ2) is 8.22. The Morgan fingerprint density at radius 2 is 2.24 bits per heavy atom. The molecule has 17 heavy (non-hydrogen) atoms. The van der Waals surface area contributed by atoms with Crippen LogP contribution < -0.4 is 5.32 Å². The number of piperazine rings is 1. The van der Waals surface area contributed by atoms with Crippen molar-refractivity contribution in [3.8, 4) is 0 Å². The molecule has 0 saturated carbocycles.